The minimum atomic E-state index is 0. The molecule has 0 aliphatic rings. The van der Waals surface area contributed by atoms with Crippen LogP contribution >= 0.6 is 24.8 Å². The van der Waals surface area contributed by atoms with Crippen molar-refractivity contribution >= 4 is 30.6 Å². The zero-order valence-corrected chi connectivity index (χ0v) is 9.98. The zero-order valence-electron chi connectivity index (χ0n) is 8.34. The number of amidine groups is 1. The van der Waals surface area contributed by atoms with Gasteiger partial charge in [0.15, 0.2) is 5.84 Å². The average Bonchev–Trinajstić information content (AvgIpc) is 2.18. The quantitative estimate of drug-likeness (QED) is 0.483. The van der Waals surface area contributed by atoms with Crippen LogP contribution in [0.15, 0.2) is 29.4 Å². The van der Waals surface area contributed by atoms with Gasteiger partial charge in [-0.15, -0.1) is 24.8 Å². The molecule has 86 valence electrons. The minimum Gasteiger partial charge on any atom is -0.397 e. The van der Waals surface area contributed by atoms with Crippen molar-refractivity contribution in [1.82, 2.24) is 0 Å². The summed E-state index contributed by atoms with van der Waals surface area (Å²) in [5.41, 5.74) is 12.9. The number of rotatable bonds is 3. The first kappa shape index (κ1) is 16.5. The Morgan fingerprint density at radius 3 is 2.20 bits per heavy atom. The minimum absolute atomic E-state index is 0. The molecule has 0 atom stereocenters. The van der Waals surface area contributed by atoms with Crippen LogP contribution in [0.5, 0.6) is 0 Å². The maximum absolute atomic E-state index is 5.59. The molecule has 0 saturated heterocycles. The molecule has 0 fully saturated rings. The van der Waals surface area contributed by atoms with Gasteiger partial charge in [-0.1, -0.05) is 29.4 Å². The fraction of sp³-hybridized carbons (Fsp3) is 0.222. The first-order chi connectivity index (χ1) is 6.27. The maximum atomic E-state index is 5.59. The van der Waals surface area contributed by atoms with Crippen LogP contribution in [0.1, 0.15) is 11.1 Å². The Bertz CT molecular complexity index is 301. The Kier molecular flexibility index (Phi) is 9.16. The summed E-state index contributed by atoms with van der Waals surface area (Å²) < 4.78 is 0. The molecule has 4 N–H and O–H groups in total. The van der Waals surface area contributed by atoms with E-state index in [1.807, 2.05) is 24.3 Å². The fourth-order valence-corrected chi connectivity index (χ4v) is 0.963. The average molecular weight is 252 g/mol. The topological polar surface area (TPSA) is 73.6 Å². The zero-order chi connectivity index (χ0) is 9.68. The van der Waals surface area contributed by atoms with Crippen LogP contribution in [0.2, 0.25) is 0 Å². The van der Waals surface area contributed by atoms with Crippen LogP contribution in [0.4, 0.5) is 0 Å². The van der Waals surface area contributed by atoms with Crippen molar-refractivity contribution in [1.29, 1.82) is 0 Å². The number of nitrogens with two attached hydrogens (primary N) is 2. The van der Waals surface area contributed by atoms with Gasteiger partial charge in [-0.05, 0) is 5.56 Å². The molecule has 0 amide bonds. The second-order valence-electron chi connectivity index (χ2n) is 2.56. The van der Waals surface area contributed by atoms with E-state index in [4.69, 9.17) is 11.5 Å². The smallest absolute Gasteiger partial charge is 0.170 e. The lowest BCUT2D eigenvalue weighted by molar-refractivity contribution is 0.213. The Labute approximate surface area is 101 Å². The molecular weight excluding hydrogens is 237 g/mol. The molecular formula is C9H15Cl2N3O. The monoisotopic (exact) mass is 251 g/mol. The summed E-state index contributed by atoms with van der Waals surface area (Å²) in [4.78, 5) is 4.55. The summed E-state index contributed by atoms with van der Waals surface area (Å²) >= 11 is 0. The molecule has 15 heavy (non-hydrogen) atoms. The lowest BCUT2D eigenvalue weighted by atomic mass is 10.1. The van der Waals surface area contributed by atoms with Gasteiger partial charge in [-0.25, -0.2) is 0 Å². The fourth-order valence-electron chi connectivity index (χ4n) is 0.963. The summed E-state index contributed by atoms with van der Waals surface area (Å²) in [5.74, 6) is 0.367. The number of benzene rings is 1. The molecule has 1 aromatic carbocycles. The molecule has 0 heterocycles. The van der Waals surface area contributed by atoms with Crippen LogP contribution < -0.4 is 11.5 Å². The molecule has 1 aromatic rings. The molecule has 0 aliphatic heterocycles. The largest absolute Gasteiger partial charge is 0.397 e. The van der Waals surface area contributed by atoms with E-state index in [0.29, 0.717) is 12.4 Å². The van der Waals surface area contributed by atoms with Gasteiger partial charge in [0.1, 0.15) is 7.11 Å². The van der Waals surface area contributed by atoms with E-state index in [9.17, 15) is 0 Å². The highest BCUT2D eigenvalue weighted by Gasteiger charge is 1.97. The molecule has 0 unspecified atom stereocenters. The third-order valence-corrected chi connectivity index (χ3v) is 1.68. The summed E-state index contributed by atoms with van der Waals surface area (Å²) in [6, 6.07) is 7.54. The molecule has 0 saturated carbocycles. The lowest BCUT2D eigenvalue weighted by Gasteiger charge is -2.00. The van der Waals surface area contributed by atoms with Gasteiger partial charge in [0, 0.05) is 12.1 Å². The van der Waals surface area contributed by atoms with E-state index >= 15 is 0 Å². The van der Waals surface area contributed by atoms with E-state index < -0.39 is 0 Å². The van der Waals surface area contributed by atoms with Crippen molar-refractivity contribution in [2.45, 2.75) is 6.54 Å². The van der Waals surface area contributed by atoms with Gasteiger partial charge in [-0.2, -0.15) is 0 Å². The molecule has 0 bridgehead atoms. The number of oxime groups is 1. The van der Waals surface area contributed by atoms with Crippen molar-refractivity contribution in [3.05, 3.63) is 35.4 Å². The molecule has 1 rings (SSSR count). The van der Waals surface area contributed by atoms with Gasteiger partial charge in [-0.3, -0.25) is 0 Å². The first-order valence-corrected chi connectivity index (χ1v) is 3.94. The highest BCUT2D eigenvalue weighted by atomic mass is 35.5. The van der Waals surface area contributed by atoms with Crippen LogP contribution in [0.25, 0.3) is 0 Å². The van der Waals surface area contributed by atoms with E-state index in [2.05, 4.69) is 9.99 Å². The van der Waals surface area contributed by atoms with Gasteiger partial charge in [0.2, 0.25) is 0 Å². The molecule has 0 aromatic heterocycles. The summed E-state index contributed by atoms with van der Waals surface area (Å²) in [5, 5.41) is 3.61. The Morgan fingerprint density at radius 2 is 1.80 bits per heavy atom. The highest BCUT2D eigenvalue weighted by Crippen LogP contribution is 2.03. The van der Waals surface area contributed by atoms with Gasteiger partial charge in [0.25, 0.3) is 0 Å². The third kappa shape index (κ3) is 4.88. The predicted molar refractivity (Wildman–Crippen MR) is 66.6 cm³/mol. The van der Waals surface area contributed by atoms with Crippen molar-refractivity contribution in [2.75, 3.05) is 7.11 Å². The molecule has 0 spiro atoms. The standard InChI is InChI=1S/C9H13N3O.2ClH/c1-13-12-9(11)8-4-2-7(6-10)3-5-8;;/h2-5H,6,10H2,1H3,(H2,11,12);2*1H. The second kappa shape index (κ2) is 8.35. The van der Waals surface area contributed by atoms with Crippen LogP contribution in [-0.2, 0) is 11.4 Å². The summed E-state index contributed by atoms with van der Waals surface area (Å²) in [6.45, 7) is 0.529. The number of nitrogens with zero attached hydrogens (tertiary/aromatic N) is 1. The van der Waals surface area contributed by atoms with E-state index in [-0.39, 0.29) is 24.8 Å². The van der Waals surface area contributed by atoms with Crippen molar-refractivity contribution in [3.8, 4) is 0 Å². The van der Waals surface area contributed by atoms with Gasteiger partial charge >= 0.3 is 0 Å². The normalized spacial score (nSPS) is 9.87. The first-order valence-electron chi connectivity index (χ1n) is 3.94. The molecule has 0 aliphatic carbocycles. The summed E-state index contributed by atoms with van der Waals surface area (Å²) in [7, 11) is 1.46. The van der Waals surface area contributed by atoms with Crippen molar-refractivity contribution in [3.63, 3.8) is 0 Å². The van der Waals surface area contributed by atoms with E-state index in [1.54, 1.807) is 0 Å². The number of hydrogen-bond donors (Lipinski definition) is 2. The number of halogens is 2. The van der Waals surface area contributed by atoms with Gasteiger partial charge < -0.3 is 16.3 Å². The van der Waals surface area contributed by atoms with Crippen LogP contribution in [0.3, 0.4) is 0 Å². The molecule has 6 heteroatoms. The third-order valence-electron chi connectivity index (χ3n) is 1.68. The van der Waals surface area contributed by atoms with E-state index in [0.717, 1.165) is 11.1 Å². The SMILES string of the molecule is CO/N=C(\N)c1ccc(CN)cc1.Cl.Cl. The summed E-state index contributed by atoms with van der Waals surface area (Å²) in [6.07, 6.45) is 0. The molecule has 0 radical (unpaired) electrons. The maximum Gasteiger partial charge on any atom is 0.170 e. The van der Waals surface area contributed by atoms with Crippen molar-refractivity contribution in [2.24, 2.45) is 16.6 Å². The number of hydrogen-bond acceptors (Lipinski definition) is 3. The van der Waals surface area contributed by atoms with E-state index in [1.165, 1.54) is 7.11 Å². The highest BCUT2D eigenvalue weighted by molar-refractivity contribution is 5.97. The lowest BCUT2D eigenvalue weighted by Crippen LogP contribution is -2.13. The Hall–Kier alpha value is -0.970. The Morgan fingerprint density at radius 1 is 1.27 bits per heavy atom. The van der Waals surface area contributed by atoms with Crippen LogP contribution in [0, 0.1) is 0 Å². The second-order valence-corrected chi connectivity index (χ2v) is 2.56. The molecule has 4 nitrogen and oxygen atoms in total. The van der Waals surface area contributed by atoms with Gasteiger partial charge in [0.05, 0.1) is 0 Å². The van der Waals surface area contributed by atoms with Crippen LogP contribution in [-0.4, -0.2) is 12.9 Å². The Balaban J connectivity index is 0. The predicted octanol–water partition coefficient (Wildman–Crippen LogP) is 1.26. The van der Waals surface area contributed by atoms with Crippen molar-refractivity contribution < 1.29 is 4.84 Å².